The summed E-state index contributed by atoms with van der Waals surface area (Å²) >= 11 is 1.59. The Labute approximate surface area is 133 Å². The number of hydrogen-bond acceptors (Lipinski definition) is 5. The van der Waals surface area contributed by atoms with Crippen LogP contribution in [0, 0.1) is 0 Å². The summed E-state index contributed by atoms with van der Waals surface area (Å²) in [6.07, 6.45) is -0.757. The normalized spacial score (nSPS) is 17.1. The monoisotopic (exact) mass is 325 g/mol. The minimum absolute atomic E-state index is 0.0927. The van der Waals surface area contributed by atoms with E-state index < -0.39 is 23.7 Å². The molecular formula is C15H19NO5S. The van der Waals surface area contributed by atoms with Crippen LogP contribution < -0.4 is 5.32 Å². The first kappa shape index (κ1) is 16.6. The highest BCUT2D eigenvalue weighted by molar-refractivity contribution is 8.00. The fourth-order valence-electron chi connectivity index (χ4n) is 2.22. The number of carbonyl (C=O) groups excluding carboxylic acids is 1. The highest BCUT2D eigenvalue weighted by atomic mass is 32.2. The molecule has 0 aliphatic carbocycles. The first-order chi connectivity index (χ1) is 10.6. The summed E-state index contributed by atoms with van der Waals surface area (Å²) in [6, 6.07) is 8.08. The van der Waals surface area contributed by atoms with Gasteiger partial charge in [0, 0.05) is 18.1 Å². The van der Waals surface area contributed by atoms with Crippen LogP contribution in [0.4, 0.5) is 4.79 Å². The summed E-state index contributed by atoms with van der Waals surface area (Å²) < 4.78 is 10.7. The van der Waals surface area contributed by atoms with Crippen molar-refractivity contribution < 1.29 is 24.2 Å². The Morgan fingerprint density at radius 3 is 2.55 bits per heavy atom. The molecule has 1 aromatic carbocycles. The summed E-state index contributed by atoms with van der Waals surface area (Å²) in [5.41, 5.74) is -0.0138. The third-order valence-electron chi connectivity index (χ3n) is 3.37. The lowest BCUT2D eigenvalue weighted by molar-refractivity contribution is -0.148. The van der Waals surface area contributed by atoms with Gasteiger partial charge in [-0.25, -0.2) is 9.59 Å². The smallest absolute Gasteiger partial charge is 0.408 e. The minimum atomic E-state index is -1.12. The Bertz CT molecular complexity index is 518. The summed E-state index contributed by atoms with van der Waals surface area (Å²) in [5, 5.41) is 11.8. The van der Waals surface area contributed by atoms with Crippen LogP contribution >= 0.6 is 11.8 Å². The van der Waals surface area contributed by atoms with Gasteiger partial charge in [0.05, 0.1) is 0 Å². The van der Waals surface area contributed by atoms with Gasteiger partial charge in [-0.3, -0.25) is 0 Å². The Balaban J connectivity index is 1.93. The Morgan fingerprint density at radius 1 is 1.36 bits per heavy atom. The van der Waals surface area contributed by atoms with Gasteiger partial charge in [0.15, 0.2) is 6.04 Å². The first-order valence-corrected chi connectivity index (χ1v) is 8.14. The zero-order valence-electron chi connectivity index (χ0n) is 12.3. The molecule has 22 heavy (non-hydrogen) atoms. The summed E-state index contributed by atoms with van der Waals surface area (Å²) in [4.78, 5) is 23.3. The number of hydrogen-bond donors (Lipinski definition) is 2. The van der Waals surface area contributed by atoms with Gasteiger partial charge in [-0.1, -0.05) is 30.3 Å². The van der Waals surface area contributed by atoms with Gasteiger partial charge >= 0.3 is 12.1 Å². The number of thioether (sulfide) groups is 1. The number of aliphatic carboxylic acids is 1. The van der Waals surface area contributed by atoms with Crippen LogP contribution in [0.15, 0.2) is 30.3 Å². The van der Waals surface area contributed by atoms with Crippen LogP contribution in [-0.2, 0) is 20.9 Å². The zero-order chi connectivity index (χ0) is 16.0. The van der Waals surface area contributed by atoms with Crippen molar-refractivity contribution in [3.05, 3.63) is 35.9 Å². The molecule has 1 aromatic rings. The molecule has 1 fully saturated rings. The highest BCUT2D eigenvalue weighted by Gasteiger charge is 2.50. The van der Waals surface area contributed by atoms with Crippen LogP contribution in [0.1, 0.15) is 12.5 Å². The van der Waals surface area contributed by atoms with Crippen molar-refractivity contribution in [1.29, 1.82) is 0 Å². The van der Waals surface area contributed by atoms with Crippen LogP contribution in [0.2, 0.25) is 0 Å². The van der Waals surface area contributed by atoms with Crippen molar-refractivity contribution in [3.63, 3.8) is 0 Å². The summed E-state index contributed by atoms with van der Waals surface area (Å²) in [6.45, 7) is 2.29. The standard InChI is InChI=1S/C15H19NO5S/c1-2-21-15(9-22-10-15)12(13(17)18)16-14(19)20-8-11-6-4-3-5-7-11/h3-7,12H,2,8-10H2,1H3,(H,16,19)(H,17,18). The SMILES string of the molecule is CCOC1(C(NC(=O)OCc2ccccc2)C(=O)O)CSC1. The summed E-state index contributed by atoms with van der Waals surface area (Å²) in [5.74, 6) is -0.0431. The number of carbonyl (C=O) groups is 2. The first-order valence-electron chi connectivity index (χ1n) is 6.99. The van der Waals surface area contributed by atoms with Crippen molar-refractivity contribution in [2.45, 2.75) is 25.2 Å². The van der Waals surface area contributed by atoms with Gasteiger partial charge in [-0.2, -0.15) is 11.8 Å². The molecule has 1 atom stereocenters. The molecule has 1 aliphatic rings. The van der Waals surface area contributed by atoms with Crippen molar-refractivity contribution >= 4 is 23.8 Å². The van der Waals surface area contributed by atoms with E-state index in [0.717, 1.165) is 5.56 Å². The Hall–Kier alpha value is -1.73. The molecular weight excluding hydrogens is 306 g/mol. The Kier molecular flexibility index (Phi) is 5.68. The lowest BCUT2D eigenvalue weighted by Crippen LogP contribution is -2.65. The van der Waals surface area contributed by atoms with Gasteiger partial charge in [0.2, 0.25) is 0 Å². The number of carboxylic acid groups (broad SMARTS) is 1. The number of carboxylic acids is 1. The molecule has 0 saturated carbocycles. The molecule has 1 saturated heterocycles. The van der Waals surface area contributed by atoms with E-state index in [1.54, 1.807) is 18.7 Å². The minimum Gasteiger partial charge on any atom is -0.480 e. The molecule has 1 amide bonds. The maximum absolute atomic E-state index is 11.9. The second kappa shape index (κ2) is 7.51. The van der Waals surface area contributed by atoms with Gasteiger partial charge in [0.25, 0.3) is 0 Å². The number of amides is 1. The van der Waals surface area contributed by atoms with Gasteiger partial charge < -0.3 is 19.9 Å². The molecule has 7 heteroatoms. The van der Waals surface area contributed by atoms with E-state index >= 15 is 0 Å². The molecule has 0 spiro atoms. The molecule has 0 radical (unpaired) electrons. The van der Waals surface area contributed by atoms with E-state index in [2.05, 4.69) is 5.32 Å². The molecule has 1 unspecified atom stereocenters. The molecule has 6 nitrogen and oxygen atoms in total. The fraction of sp³-hybridized carbons (Fsp3) is 0.467. The van der Waals surface area contributed by atoms with Crippen molar-refractivity contribution in [2.24, 2.45) is 0 Å². The maximum atomic E-state index is 11.9. The van der Waals surface area contributed by atoms with Crippen molar-refractivity contribution in [3.8, 4) is 0 Å². The number of alkyl carbamates (subject to hydrolysis) is 1. The van der Waals surface area contributed by atoms with Crippen molar-refractivity contribution in [2.75, 3.05) is 18.1 Å². The van der Waals surface area contributed by atoms with Gasteiger partial charge in [0.1, 0.15) is 12.2 Å². The predicted molar refractivity (Wildman–Crippen MR) is 82.9 cm³/mol. The van der Waals surface area contributed by atoms with E-state index in [1.165, 1.54) is 0 Å². The quantitative estimate of drug-likeness (QED) is 0.796. The van der Waals surface area contributed by atoms with E-state index in [9.17, 15) is 14.7 Å². The molecule has 1 heterocycles. The van der Waals surface area contributed by atoms with E-state index in [0.29, 0.717) is 18.1 Å². The van der Waals surface area contributed by atoms with Gasteiger partial charge in [-0.05, 0) is 12.5 Å². The predicted octanol–water partition coefficient (Wildman–Crippen LogP) is 1.89. The summed E-state index contributed by atoms with van der Waals surface area (Å²) in [7, 11) is 0. The van der Waals surface area contributed by atoms with Crippen LogP contribution in [0.5, 0.6) is 0 Å². The average Bonchev–Trinajstić information content (AvgIpc) is 2.48. The van der Waals surface area contributed by atoms with Crippen LogP contribution in [0.25, 0.3) is 0 Å². The number of benzene rings is 1. The van der Waals surface area contributed by atoms with E-state index in [-0.39, 0.29) is 6.61 Å². The topological polar surface area (TPSA) is 84.9 Å². The number of ether oxygens (including phenoxy) is 2. The van der Waals surface area contributed by atoms with Crippen LogP contribution in [-0.4, -0.2) is 46.9 Å². The van der Waals surface area contributed by atoms with Crippen molar-refractivity contribution in [1.82, 2.24) is 5.32 Å². The molecule has 0 aromatic heterocycles. The number of rotatable bonds is 7. The largest absolute Gasteiger partial charge is 0.480 e. The van der Waals surface area contributed by atoms with E-state index in [1.807, 2.05) is 30.3 Å². The molecule has 1 aliphatic heterocycles. The maximum Gasteiger partial charge on any atom is 0.408 e. The second-order valence-corrected chi connectivity index (χ2v) is 5.95. The lowest BCUT2D eigenvalue weighted by Gasteiger charge is -2.44. The van der Waals surface area contributed by atoms with E-state index in [4.69, 9.17) is 9.47 Å². The molecule has 120 valence electrons. The third kappa shape index (κ3) is 3.92. The zero-order valence-corrected chi connectivity index (χ0v) is 13.1. The fourth-order valence-corrected chi connectivity index (χ4v) is 3.33. The second-order valence-electron chi connectivity index (χ2n) is 4.97. The molecule has 0 bridgehead atoms. The lowest BCUT2D eigenvalue weighted by atomic mass is 9.97. The molecule has 2 rings (SSSR count). The highest BCUT2D eigenvalue weighted by Crippen LogP contribution is 2.36. The third-order valence-corrected chi connectivity index (χ3v) is 4.76. The average molecular weight is 325 g/mol. The molecule has 2 N–H and O–H groups in total. The Morgan fingerprint density at radius 2 is 2.05 bits per heavy atom. The van der Waals surface area contributed by atoms with Gasteiger partial charge in [-0.15, -0.1) is 0 Å². The number of nitrogens with one attached hydrogen (secondary N) is 1. The van der Waals surface area contributed by atoms with Crippen LogP contribution in [0.3, 0.4) is 0 Å².